The fraction of sp³-hybridized carbons (Fsp3) is 0.588. The third kappa shape index (κ3) is 1.85. The molecule has 5 nitrogen and oxygen atoms in total. The highest BCUT2D eigenvalue weighted by Crippen LogP contribution is 2.58. The van der Waals surface area contributed by atoms with E-state index in [1.807, 2.05) is 12.3 Å². The van der Waals surface area contributed by atoms with Crippen molar-refractivity contribution in [1.29, 1.82) is 0 Å². The van der Waals surface area contributed by atoms with Gasteiger partial charge in [-0.1, -0.05) is 0 Å². The quantitative estimate of drug-likeness (QED) is 0.891. The third-order valence-electron chi connectivity index (χ3n) is 5.85. The molecule has 4 saturated carbocycles. The van der Waals surface area contributed by atoms with Gasteiger partial charge in [-0.3, -0.25) is 4.98 Å². The van der Waals surface area contributed by atoms with Gasteiger partial charge in [0.15, 0.2) is 0 Å². The predicted octanol–water partition coefficient (Wildman–Crippen LogP) is 2.52. The van der Waals surface area contributed by atoms with E-state index in [-0.39, 0.29) is 5.54 Å². The Bertz CT molecular complexity index is 727. The van der Waals surface area contributed by atoms with Crippen molar-refractivity contribution in [2.75, 3.05) is 5.32 Å². The number of hydrogen-bond donors (Lipinski definition) is 2. The van der Waals surface area contributed by atoms with Crippen molar-refractivity contribution in [2.24, 2.45) is 11.8 Å². The van der Waals surface area contributed by atoms with Gasteiger partial charge < -0.3 is 10.4 Å². The van der Waals surface area contributed by atoms with Crippen molar-refractivity contribution < 1.29 is 5.11 Å². The van der Waals surface area contributed by atoms with Gasteiger partial charge in [-0.15, -0.1) is 0 Å². The molecule has 0 spiro atoms. The zero-order valence-electron chi connectivity index (χ0n) is 12.5. The molecule has 2 aromatic rings. The van der Waals surface area contributed by atoms with Crippen LogP contribution in [0.25, 0.3) is 10.9 Å². The molecule has 0 radical (unpaired) electrons. The predicted molar refractivity (Wildman–Crippen MR) is 83.3 cm³/mol. The topological polar surface area (TPSA) is 70.9 Å². The Kier molecular flexibility index (Phi) is 2.41. The Morgan fingerprint density at radius 1 is 1.14 bits per heavy atom. The van der Waals surface area contributed by atoms with Gasteiger partial charge in [0.2, 0.25) is 0 Å². The highest BCUT2D eigenvalue weighted by Gasteiger charge is 2.57. The molecular weight excluding hydrogens is 276 g/mol. The van der Waals surface area contributed by atoms with Crippen LogP contribution in [0, 0.1) is 11.8 Å². The van der Waals surface area contributed by atoms with Gasteiger partial charge in [-0.05, 0) is 56.4 Å². The van der Waals surface area contributed by atoms with Crippen molar-refractivity contribution >= 4 is 16.7 Å². The fourth-order valence-corrected chi connectivity index (χ4v) is 5.61. The highest BCUT2D eigenvalue weighted by molar-refractivity contribution is 5.88. The molecule has 0 aliphatic heterocycles. The van der Waals surface area contributed by atoms with Gasteiger partial charge in [0.25, 0.3) is 0 Å². The maximum absolute atomic E-state index is 10.9. The molecule has 2 unspecified atom stereocenters. The summed E-state index contributed by atoms with van der Waals surface area (Å²) in [6, 6.07) is 1.91. The minimum Gasteiger partial charge on any atom is -0.390 e. The molecule has 0 saturated heterocycles. The number of aromatic nitrogens is 3. The summed E-state index contributed by atoms with van der Waals surface area (Å²) in [5, 5.41) is 15.5. The lowest BCUT2D eigenvalue weighted by Gasteiger charge is -2.60. The van der Waals surface area contributed by atoms with Crippen molar-refractivity contribution in [3.8, 4) is 0 Å². The number of nitrogens with zero attached hydrogens (tertiary/aromatic N) is 3. The summed E-state index contributed by atoms with van der Waals surface area (Å²) in [5.41, 5.74) is 0.449. The molecule has 4 aliphatic carbocycles. The largest absolute Gasteiger partial charge is 0.390 e. The number of pyridine rings is 1. The van der Waals surface area contributed by atoms with Gasteiger partial charge in [0.05, 0.1) is 16.5 Å². The Morgan fingerprint density at radius 2 is 1.95 bits per heavy atom. The number of aliphatic hydroxyl groups is 1. The molecule has 0 aromatic carbocycles. The Hall–Kier alpha value is -1.75. The summed E-state index contributed by atoms with van der Waals surface area (Å²) in [5.74, 6) is 2.18. The summed E-state index contributed by atoms with van der Waals surface area (Å²) >= 11 is 0. The molecule has 2 heterocycles. The maximum Gasteiger partial charge on any atom is 0.139 e. The van der Waals surface area contributed by atoms with Crippen LogP contribution in [-0.2, 0) is 0 Å². The number of fused-ring (bicyclic) bond motifs is 1. The molecule has 5 heteroatoms. The summed E-state index contributed by atoms with van der Waals surface area (Å²) < 4.78 is 0. The van der Waals surface area contributed by atoms with Crippen LogP contribution >= 0.6 is 0 Å². The van der Waals surface area contributed by atoms with Crippen molar-refractivity contribution in [3.05, 3.63) is 24.8 Å². The van der Waals surface area contributed by atoms with E-state index in [1.54, 1.807) is 12.5 Å². The van der Waals surface area contributed by atoms with E-state index in [4.69, 9.17) is 0 Å². The van der Waals surface area contributed by atoms with E-state index in [9.17, 15) is 5.11 Å². The van der Waals surface area contributed by atoms with Crippen molar-refractivity contribution in [2.45, 2.75) is 49.7 Å². The first-order chi connectivity index (χ1) is 10.6. The normalized spacial score (nSPS) is 39.3. The SMILES string of the molecule is OC12CC3CC(C1)CC(Nc1ncnc4ccncc14)(C3)C2. The van der Waals surface area contributed by atoms with E-state index >= 15 is 0 Å². The molecule has 0 amide bonds. The molecule has 22 heavy (non-hydrogen) atoms. The van der Waals surface area contributed by atoms with Crippen LogP contribution in [0.4, 0.5) is 5.82 Å². The monoisotopic (exact) mass is 296 g/mol. The molecule has 114 valence electrons. The van der Waals surface area contributed by atoms with E-state index in [0.717, 1.165) is 48.8 Å². The standard InChI is InChI=1S/C17H20N4O/c22-17-6-11-3-12(7-17)5-16(4-11,9-17)21-15-13-8-18-2-1-14(13)19-10-20-15/h1-2,8,10-12,22H,3-7,9H2,(H,19,20,21). The smallest absolute Gasteiger partial charge is 0.139 e. The Labute approximate surface area is 129 Å². The van der Waals surface area contributed by atoms with Crippen LogP contribution in [0.15, 0.2) is 24.8 Å². The molecule has 6 rings (SSSR count). The minimum absolute atomic E-state index is 0.00401. The second-order valence-electron chi connectivity index (χ2n) is 7.71. The molecule has 2 atom stereocenters. The highest BCUT2D eigenvalue weighted by atomic mass is 16.3. The molecule has 4 fully saturated rings. The van der Waals surface area contributed by atoms with Crippen LogP contribution in [0.2, 0.25) is 0 Å². The molecule has 4 aliphatic rings. The molecule has 2 N–H and O–H groups in total. The lowest BCUT2D eigenvalue weighted by Crippen LogP contribution is -2.62. The minimum atomic E-state index is -0.460. The summed E-state index contributed by atoms with van der Waals surface area (Å²) in [4.78, 5) is 13.0. The van der Waals surface area contributed by atoms with Crippen LogP contribution in [0.3, 0.4) is 0 Å². The molecular formula is C17H20N4O. The number of hydrogen-bond acceptors (Lipinski definition) is 5. The van der Waals surface area contributed by atoms with E-state index in [2.05, 4.69) is 20.3 Å². The van der Waals surface area contributed by atoms with Crippen LogP contribution in [0.5, 0.6) is 0 Å². The second-order valence-corrected chi connectivity index (χ2v) is 7.71. The van der Waals surface area contributed by atoms with Gasteiger partial charge >= 0.3 is 0 Å². The van der Waals surface area contributed by atoms with Crippen molar-refractivity contribution in [1.82, 2.24) is 15.0 Å². The van der Waals surface area contributed by atoms with Gasteiger partial charge in [0.1, 0.15) is 12.1 Å². The van der Waals surface area contributed by atoms with Crippen LogP contribution < -0.4 is 5.32 Å². The number of rotatable bonds is 2. The van der Waals surface area contributed by atoms with E-state index < -0.39 is 5.60 Å². The van der Waals surface area contributed by atoms with Crippen LogP contribution in [0.1, 0.15) is 38.5 Å². The average molecular weight is 296 g/mol. The van der Waals surface area contributed by atoms with E-state index in [0.29, 0.717) is 11.8 Å². The summed E-state index contributed by atoms with van der Waals surface area (Å²) in [7, 11) is 0. The third-order valence-corrected chi connectivity index (χ3v) is 5.85. The maximum atomic E-state index is 10.9. The summed E-state index contributed by atoms with van der Waals surface area (Å²) in [6.45, 7) is 0. The van der Waals surface area contributed by atoms with Gasteiger partial charge in [-0.25, -0.2) is 9.97 Å². The zero-order valence-corrected chi connectivity index (χ0v) is 12.5. The van der Waals surface area contributed by atoms with Crippen molar-refractivity contribution in [3.63, 3.8) is 0 Å². The number of nitrogens with one attached hydrogen (secondary N) is 1. The number of anilines is 1. The molecule has 2 aromatic heterocycles. The first-order valence-electron chi connectivity index (χ1n) is 8.19. The first kappa shape index (κ1) is 12.8. The van der Waals surface area contributed by atoms with Crippen LogP contribution in [-0.4, -0.2) is 31.2 Å². The fourth-order valence-electron chi connectivity index (χ4n) is 5.61. The van der Waals surface area contributed by atoms with Gasteiger partial charge in [-0.2, -0.15) is 0 Å². The second kappa shape index (κ2) is 4.16. The average Bonchev–Trinajstić information content (AvgIpc) is 2.44. The first-order valence-corrected chi connectivity index (χ1v) is 8.19. The lowest BCUT2D eigenvalue weighted by molar-refractivity contribution is -0.127. The Balaban J connectivity index is 1.55. The van der Waals surface area contributed by atoms with E-state index in [1.165, 1.54) is 6.42 Å². The zero-order chi connectivity index (χ0) is 14.8. The summed E-state index contributed by atoms with van der Waals surface area (Å²) in [6.07, 6.45) is 11.6. The molecule has 4 bridgehead atoms. The Morgan fingerprint density at radius 3 is 2.73 bits per heavy atom. The lowest BCUT2D eigenvalue weighted by atomic mass is 9.51. The van der Waals surface area contributed by atoms with Gasteiger partial charge in [0, 0.05) is 17.9 Å².